The Labute approximate surface area is 164 Å². The van der Waals surface area contributed by atoms with Crippen molar-refractivity contribution in [2.24, 2.45) is 0 Å². The van der Waals surface area contributed by atoms with E-state index in [4.69, 9.17) is 26.4 Å². The SMILES string of the molecule is CCCCOc1ccc(/C=C2\SC(=S)N(CCCOC)C2=O)cc1OC. The molecule has 0 unspecified atom stereocenters. The average Bonchev–Trinajstić information content (AvgIpc) is 2.90. The van der Waals surface area contributed by atoms with Crippen molar-refractivity contribution in [2.45, 2.75) is 26.2 Å². The number of ether oxygens (including phenoxy) is 3. The van der Waals surface area contributed by atoms with Gasteiger partial charge in [0.1, 0.15) is 4.32 Å². The van der Waals surface area contributed by atoms with E-state index >= 15 is 0 Å². The molecule has 1 aliphatic rings. The van der Waals surface area contributed by atoms with Crippen LogP contribution in [0.3, 0.4) is 0 Å². The predicted octanol–water partition coefficient (Wildman–Crippen LogP) is 4.11. The highest BCUT2D eigenvalue weighted by molar-refractivity contribution is 8.26. The molecule has 26 heavy (non-hydrogen) atoms. The number of benzene rings is 1. The highest BCUT2D eigenvalue weighted by Crippen LogP contribution is 2.34. The van der Waals surface area contributed by atoms with Crippen LogP contribution in [0.25, 0.3) is 6.08 Å². The number of carbonyl (C=O) groups excluding carboxylic acids is 1. The van der Waals surface area contributed by atoms with Crippen molar-refractivity contribution in [1.29, 1.82) is 0 Å². The summed E-state index contributed by atoms with van der Waals surface area (Å²) in [5.74, 6) is 1.31. The molecule has 1 aromatic rings. The molecular formula is C19H25NO4S2. The van der Waals surface area contributed by atoms with E-state index in [0.29, 0.717) is 40.5 Å². The van der Waals surface area contributed by atoms with Gasteiger partial charge in [-0.1, -0.05) is 43.4 Å². The topological polar surface area (TPSA) is 48.0 Å². The Hall–Kier alpha value is -1.57. The normalized spacial score (nSPS) is 15.8. The maximum absolute atomic E-state index is 12.6. The van der Waals surface area contributed by atoms with Crippen molar-refractivity contribution >= 4 is 40.3 Å². The van der Waals surface area contributed by atoms with Gasteiger partial charge in [0, 0.05) is 20.3 Å². The fourth-order valence-corrected chi connectivity index (χ4v) is 3.74. The van der Waals surface area contributed by atoms with Crippen molar-refractivity contribution < 1.29 is 19.0 Å². The van der Waals surface area contributed by atoms with Gasteiger partial charge in [0.15, 0.2) is 11.5 Å². The van der Waals surface area contributed by atoms with E-state index in [2.05, 4.69) is 6.92 Å². The lowest BCUT2D eigenvalue weighted by atomic mass is 10.2. The molecule has 7 heteroatoms. The van der Waals surface area contributed by atoms with E-state index in [0.717, 1.165) is 24.8 Å². The maximum atomic E-state index is 12.6. The Morgan fingerprint density at radius 1 is 1.19 bits per heavy atom. The first-order valence-electron chi connectivity index (χ1n) is 8.65. The summed E-state index contributed by atoms with van der Waals surface area (Å²) in [6, 6.07) is 5.67. The Morgan fingerprint density at radius 2 is 2.00 bits per heavy atom. The number of thioether (sulfide) groups is 1. The molecule has 5 nitrogen and oxygen atoms in total. The summed E-state index contributed by atoms with van der Waals surface area (Å²) in [7, 11) is 3.26. The molecular weight excluding hydrogens is 370 g/mol. The second-order valence-electron chi connectivity index (χ2n) is 5.79. The molecule has 0 bridgehead atoms. The van der Waals surface area contributed by atoms with Crippen LogP contribution in [0.15, 0.2) is 23.1 Å². The Morgan fingerprint density at radius 3 is 2.69 bits per heavy atom. The van der Waals surface area contributed by atoms with E-state index in [9.17, 15) is 4.79 Å². The van der Waals surface area contributed by atoms with Gasteiger partial charge in [-0.2, -0.15) is 0 Å². The molecule has 0 saturated carbocycles. The zero-order chi connectivity index (χ0) is 18.9. The van der Waals surface area contributed by atoms with Crippen LogP contribution in [0.2, 0.25) is 0 Å². The third-order valence-corrected chi connectivity index (χ3v) is 5.22. The Bertz CT molecular complexity index is 676. The van der Waals surface area contributed by atoms with Crippen LogP contribution in [0, 0.1) is 0 Å². The molecule has 0 aromatic heterocycles. The van der Waals surface area contributed by atoms with Gasteiger partial charge < -0.3 is 14.2 Å². The molecule has 0 radical (unpaired) electrons. The van der Waals surface area contributed by atoms with Crippen LogP contribution in [0.4, 0.5) is 0 Å². The standard InChI is InChI=1S/C19H25NO4S2/c1-4-5-11-24-15-8-7-14(12-16(15)23-3)13-17-18(21)20(19(25)26-17)9-6-10-22-2/h7-8,12-13H,4-6,9-11H2,1-3H3/b17-13-. The summed E-state index contributed by atoms with van der Waals surface area (Å²) in [5.41, 5.74) is 0.877. The minimum absolute atomic E-state index is 0.0571. The van der Waals surface area contributed by atoms with Crippen LogP contribution < -0.4 is 9.47 Å². The first-order chi connectivity index (χ1) is 12.6. The molecule has 1 aliphatic heterocycles. The van der Waals surface area contributed by atoms with Crippen LogP contribution >= 0.6 is 24.0 Å². The number of thiocarbonyl (C=S) groups is 1. The van der Waals surface area contributed by atoms with Gasteiger partial charge in [0.25, 0.3) is 5.91 Å². The zero-order valence-electron chi connectivity index (χ0n) is 15.4. The van der Waals surface area contributed by atoms with Gasteiger partial charge in [-0.3, -0.25) is 9.69 Å². The number of rotatable bonds is 10. The molecule has 1 aromatic carbocycles. The van der Waals surface area contributed by atoms with Crippen molar-refractivity contribution in [3.05, 3.63) is 28.7 Å². The first kappa shape index (κ1) is 20.7. The van der Waals surface area contributed by atoms with Crippen molar-refractivity contribution in [3.8, 4) is 11.5 Å². The lowest BCUT2D eigenvalue weighted by Gasteiger charge is -2.13. The molecule has 0 atom stereocenters. The van der Waals surface area contributed by atoms with E-state index in [1.807, 2.05) is 24.3 Å². The molecule has 1 amide bonds. The highest BCUT2D eigenvalue weighted by Gasteiger charge is 2.31. The lowest BCUT2D eigenvalue weighted by molar-refractivity contribution is -0.122. The molecule has 1 saturated heterocycles. The smallest absolute Gasteiger partial charge is 0.266 e. The Balaban J connectivity index is 2.11. The zero-order valence-corrected chi connectivity index (χ0v) is 17.1. The number of carbonyl (C=O) groups is 1. The van der Waals surface area contributed by atoms with Gasteiger partial charge in [-0.05, 0) is 36.6 Å². The summed E-state index contributed by atoms with van der Waals surface area (Å²) in [6.45, 7) is 3.96. The second kappa shape index (κ2) is 10.5. The van der Waals surface area contributed by atoms with Gasteiger partial charge in [0.2, 0.25) is 0 Å². The third kappa shape index (κ3) is 5.46. The van der Waals surface area contributed by atoms with E-state index in [1.54, 1.807) is 19.1 Å². The number of amides is 1. The van der Waals surface area contributed by atoms with Gasteiger partial charge in [-0.25, -0.2) is 0 Å². The monoisotopic (exact) mass is 395 g/mol. The highest BCUT2D eigenvalue weighted by atomic mass is 32.2. The molecule has 142 valence electrons. The van der Waals surface area contributed by atoms with Crippen molar-refractivity contribution in [2.75, 3.05) is 34.0 Å². The molecule has 1 fully saturated rings. The summed E-state index contributed by atoms with van der Waals surface area (Å²) >= 11 is 6.66. The molecule has 2 rings (SSSR count). The number of unbranched alkanes of at least 4 members (excludes halogenated alkanes) is 1. The second-order valence-corrected chi connectivity index (χ2v) is 7.47. The van der Waals surface area contributed by atoms with Crippen LogP contribution in [-0.4, -0.2) is 49.1 Å². The number of methoxy groups -OCH3 is 2. The minimum atomic E-state index is -0.0571. The lowest BCUT2D eigenvalue weighted by Crippen LogP contribution is -2.29. The first-order valence-corrected chi connectivity index (χ1v) is 9.88. The van der Waals surface area contributed by atoms with Gasteiger partial charge in [-0.15, -0.1) is 0 Å². The van der Waals surface area contributed by atoms with Crippen LogP contribution in [-0.2, 0) is 9.53 Å². The number of hydrogen-bond acceptors (Lipinski definition) is 6. The predicted molar refractivity (Wildman–Crippen MR) is 110 cm³/mol. The quantitative estimate of drug-likeness (QED) is 0.338. The minimum Gasteiger partial charge on any atom is -0.493 e. The maximum Gasteiger partial charge on any atom is 0.266 e. The molecule has 1 heterocycles. The van der Waals surface area contributed by atoms with Gasteiger partial charge >= 0.3 is 0 Å². The van der Waals surface area contributed by atoms with Crippen LogP contribution in [0.1, 0.15) is 31.7 Å². The van der Waals surface area contributed by atoms with E-state index in [1.165, 1.54) is 11.8 Å². The van der Waals surface area contributed by atoms with E-state index in [-0.39, 0.29) is 5.91 Å². The number of nitrogens with zero attached hydrogens (tertiary/aromatic N) is 1. The average molecular weight is 396 g/mol. The summed E-state index contributed by atoms with van der Waals surface area (Å²) in [4.78, 5) is 14.8. The fraction of sp³-hybridized carbons (Fsp3) is 0.474. The molecule has 0 spiro atoms. The van der Waals surface area contributed by atoms with Crippen molar-refractivity contribution in [1.82, 2.24) is 4.90 Å². The van der Waals surface area contributed by atoms with E-state index < -0.39 is 0 Å². The molecule has 0 N–H and O–H groups in total. The largest absolute Gasteiger partial charge is 0.493 e. The fourth-order valence-electron chi connectivity index (χ4n) is 2.43. The third-order valence-electron chi connectivity index (χ3n) is 3.84. The summed E-state index contributed by atoms with van der Waals surface area (Å²) in [5, 5.41) is 0. The van der Waals surface area contributed by atoms with Crippen molar-refractivity contribution in [3.63, 3.8) is 0 Å². The number of hydrogen-bond donors (Lipinski definition) is 0. The van der Waals surface area contributed by atoms with Gasteiger partial charge in [0.05, 0.1) is 18.6 Å². The van der Waals surface area contributed by atoms with Crippen LogP contribution in [0.5, 0.6) is 11.5 Å². The molecule has 0 aliphatic carbocycles. The Kier molecular flexibility index (Phi) is 8.41. The summed E-state index contributed by atoms with van der Waals surface area (Å²) in [6.07, 6.45) is 4.67. The summed E-state index contributed by atoms with van der Waals surface area (Å²) < 4.78 is 16.8.